The number of amides is 2. The smallest absolute Gasteiger partial charge is 0.255 e. The summed E-state index contributed by atoms with van der Waals surface area (Å²) < 4.78 is 0. The third-order valence-electron chi connectivity index (χ3n) is 4.41. The number of nitrogens with one attached hydrogen (secondary N) is 2. The Bertz CT molecular complexity index is 1070. The molecule has 0 fully saturated rings. The Balaban J connectivity index is 1.58. The molecule has 3 rings (SSSR count). The molecule has 0 aliphatic carbocycles. The predicted molar refractivity (Wildman–Crippen MR) is 126 cm³/mol. The maximum absolute atomic E-state index is 12.5. The summed E-state index contributed by atoms with van der Waals surface area (Å²) in [4.78, 5) is 25.8. The number of carbonyl (C=O) groups is 2. The zero-order chi connectivity index (χ0) is 21.7. The van der Waals surface area contributed by atoms with Crippen LogP contribution in [-0.4, -0.2) is 17.1 Å². The van der Waals surface area contributed by atoms with Crippen molar-refractivity contribution in [3.63, 3.8) is 0 Å². The summed E-state index contributed by atoms with van der Waals surface area (Å²) in [5.41, 5.74) is 2.70. The number of carbonyl (C=O) groups excluding carboxylic acids is 2. The molecule has 1 atom stereocenters. The number of hydrogen-bond acceptors (Lipinski definition) is 3. The first-order chi connectivity index (χ1) is 14.3. The number of hydrogen-bond donors (Lipinski definition) is 2. The van der Waals surface area contributed by atoms with E-state index in [0.717, 1.165) is 10.5 Å². The highest BCUT2D eigenvalue weighted by Gasteiger charge is 2.16. The van der Waals surface area contributed by atoms with Gasteiger partial charge in [0.15, 0.2) is 0 Å². The molecule has 0 saturated carbocycles. The third-order valence-corrected chi connectivity index (χ3v) is 6.16. The van der Waals surface area contributed by atoms with Crippen molar-refractivity contribution >= 4 is 58.2 Å². The van der Waals surface area contributed by atoms with Crippen LogP contribution < -0.4 is 10.6 Å². The Morgan fingerprint density at radius 3 is 2.33 bits per heavy atom. The Morgan fingerprint density at radius 2 is 1.63 bits per heavy atom. The molecule has 0 aliphatic rings. The Labute approximate surface area is 190 Å². The van der Waals surface area contributed by atoms with E-state index in [1.165, 1.54) is 11.8 Å². The summed E-state index contributed by atoms with van der Waals surface area (Å²) in [6.45, 7) is 3.71. The van der Waals surface area contributed by atoms with E-state index in [2.05, 4.69) is 10.6 Å². The fourth-order valence-corrected chi connectivity index (χ4v) is 3.92. The summed E-state index contributed by atoms with van der Waals surface area (Å²) in [5, 5.41) is 6.57. The molecule has 154 valence electrons. The highest BCUT2D eigenvalue weighted by Crippen LogP contribution is 2.28. The molecule has 0 saturated heterocycles. The average molecular weight is 459 g/mol. The zero-order valence-corrected chi connectivity index (χ0v) is 18.7. The topological polar surface area (TPSA) is 58.2 Å². The SMILES string of the molecule is Cc1c(Cl)cccc1NC(=O)C(C)Sc1ccc(NC(=O)c2cccc(Cl)c2)cc1. The van der Waals surface area contributed by atoms with E-state index < -0.39 is 0 Å². The lowest BCUT2D eigenvalue weighted by Gasteiger charge is -2.14. The van der Waals surface area contributed by atoms with Gasteiger partial charge in [0, 0.05) is 31.9 Å². The quantitative estimate of drug-likeness (QED) is 0.405. The lowest BCUT2D eigenvalue weighted by atomic mass is 10.2. The molecular weight excluding hydrogens is 439 g/mol. The molecule has 3 aromatic rings. The molecule has 0 spiro atoms. The van der Waals surface area contributed by atoms with E-state index >= 15 is 0 Å². The second-order valence-electron chi connectivity index (χ2n) is 6.65. The molecule has 0 radical (unpaired) electrons. The van der Waals surface area contributed by atoms with Crippen molar-refractivity contribution in [2.24, 2.45) is 0 Å². The fraction of sp³-hybridized carbons (Fsp3) is 0.130. The fourth-order valence-electron chi connectivity index (χ4n) is 2.68. The molecule has 0 aliphatic heterocycles. The minimum absolute atomic E-state index is 0.108. The van der Waals surface area contributed by atoms with Crippen molar-refractivity contribution in [2.75, 3.05) is 10.6 Å². The summed E-state index contributed by atoms with van der Waals surface area (Å²) in [6, 6.07) is 19.5. The summed E-state index contributed by atoms with van der Waals surface area (Å²) in [6.07, 6.45) is 0. The molecule has 3 aromatic carbocycles. The van der Waals surface area contributed by atoms with E-state index in [0.29, 0.717) is 27.0 Å². The number of halogens is 2. The minimum atomic E-state index is -0.310. The first-order valence-corrected chi connectivity index (χ1v) is 10.9. The van der Waals surface area contributed by atoms with E-state index in [1.807, 2.05) is 32.0 Å². The summed E-state index contributed by atoms with van der Waals surface area (Å²) >= 11 is 13.5. The van der Waals surface area contributed by atoms with Gasteiger partial charge in [-0.05, 0) is 74.0 Å². The van der Waals surface area contributed by atoms with Crippen molar-refractivity contribution in [3.05, 3.63) is 87.9 Å². The van der Waals surface area contributed by atoms with Crippen LogP contribution >= 0.6 is 35.0 Å². The van der Waals surface area contributed by atoms with Gasteiger partial charge in [0.05, 0.1) is 5.25 Å². The molecule has 2 amide bonds. The Hall–Kier alpha value is -2.47. The van der Waals surface area contributed by atoms with Gasteiger partial charge in [-0.25, -0.2) is 0 Å². The van der Waals surface area contributed by atoms with Gasteiger partial charge in [-0.1, -0.05) is 35.3 Å². The highest BCUT2D eigenvalue weighted by molar-refractivity contribution is 8.00. The van der Waals surface area contributed by atoms with Gasteiger partial charge in [-0.15, -0.1) is 11.8 Å². The van der Waals surface area contributed by atoms with Crippen molar-refractivity contribution in [1.29, 1.82) is 0 Å². The van der Waals surface area contributed by atoms with Crippen LogP contribution in [0.1, 0.15) is 22.8 Å². The second-order valence-corrected chi connectivity index (χ2v) is 8.91. The lowest BCUT2D eigenvalue weighted by molar-refractivity contribution is -0.115. The minimum Gasteiger partial charge on any atom is -0.325 e. The summed E-state index contributed by atoms with van der Waals surface area (Å²) in [5.74, 6) is -0.341. The van der Waals surface area contributed by atoms with Crippen LogP contribution in [0.25, 0.3) is 0 Å². The zero-order valence-electron chi connectivity index (χ0n) is 16.4. The van der Waals surface area contributed by atoms with E-state index in [1.54, 1.807) is 48.5 Å². The van der Waals surface area contributed by atoms with Gasteiger partial charge >= 0.3 is 0 Å². The number of thioether (sulfide) groups is 1. The number of anilines is 2. The first-order valence-electron chi connectivity index (χ1n) is 9.23. The van der Waals surface area contributed by atoms with Crippen molar-refractivity contribution in [1.82, 2.24) is 0 Å². The molecule has 0 aromatic heterocycles. The van der Waals surface area contributed by atoms with Gasteiger partial charge in [0.2, 0.25) is 5.91 Å². The van der Waals surface area contributed by atoms with Crippen LogP contribution in [0, 0.1) is 6.92 Å². The van der Waals surface area contributed by atoms with Crippen LogP contribution in [0.5, 0.6) is 0 Å². The second kappa shape index (κ2) is 10.0. The van der Waals surface area contributed by atoms with E-state index in [4.69, 9.17) is 23.2 Å². The number of rotatable bonds is 6. The molecule has 0 heterocycles. The number of benzene rings is 3. The molecule has 1 unspecified atom stereocenters. The largest absolute Gasteiger partial charge is 0.325 e. The van der Waals surface area contributed by atoms with Crippen LogP contribution in [0.4, 0.5) is 11.4 Å². The van der Waals surface area contributed by atoms with Crippen LogP contribution in [-0.2, 0) is 4.79 Å². The Morgan fingerprint density at radius 1 is 0.933 bits per heavy atom. The van der Waals surface area contributed by atoms with Gasteiger partial charge in [0.25, 0.3) is 5.91 Å². The van der Waals surface area contributed by atoms with Crippen LogP contribution in [0.3, 0.4) is 0 Å². The molecule has 7 heteroatoms. The molecular formula is C23H20Cl2N2O2S. The lowest BCUT2D eigenvalue weighted by Crippen LogP contribution is -2.22. The first kappa shape index (κ1) is 22.2. The molecule has 0 bridgehead atoms. The van der Waals surface area contributed by atoms with E-state index in [9.17, 15) is 9.59 Å². The normalized spacial score (nSPS) is 11.6. The van der Waals surface area contributed by atoms with Gasteiger partial charge in [-0.2, -0.15) is 0 Å². The van der Waals surface area contributed by atoms with Gasteiger partial charge < -0.3 is 10.6 Å². The average Bonchev–Trinajstić information content (AvgIpc) is 2.72. The van der Waals surface area contributed by atoms with Crippen LogP contribution in [0.15, 0.2) is 71.6 Å². The molecule has 4 nitrogen and oxygen atoms in total. The highest BCUT2D eigenvalue weighted by atomic mass is 35.5. The Kier molecular flexibility index (Phi) is 7.43. The monoisotopic (exact) mass is 458 g/mol. The van der Waals surface area contributed by atoms with Crippen molar-refractivity contribution in [2.45, 2.75) is 24.0 Å². The van der Waals surface area contributed by atoms with Crippen molar-refractivity contribution in [3.8, 4) is 0 Å². The third kappa shape index (κ3) is 5.79. The maximum atomic E-state index is 12.5. The van der Waals surface area contributed by atoms with Crippen LogP contribution in [0.2, 0.25) is 10.0 Å². The van der Waals surface area contributed by atoms with Crippen molar-refractivity contribution < 1.29 is 9.59 Å². The van der Waals surface area contributed by atoms with Gasteiger partial charge in [-0.3, -0.25) is 9.59 Å². The predicted octanol–water partition coefficient (Wildman–Crippen LogP) is 6.67. The summed E-state index contributed by atoms with van der Waals surface area (Å²) in [7, 11) is 0. The molecule has 2 N–H and O–H groups in total. The van der Waals surface area contributed by atoms with Gasteiger partial charge in [0.1, 0.15) is 0 Å². The standard InChI is InChI=1S/C23H20Cl2N2O2S/c1-14-20(25)7-4-8-21(14)27-22(28)15(2)30-19-11-9-18(10-12-19)26-23(29)16-5-3-6-17(24)13-16/h3-13,15H,1-2H3,(H,26,29)(H,27,28). The maximum Gasteiger partial charge on any atom is 0.255 e. The molecule has 30 heavy (non-hydrogen) atoms. The van der Waals surface area contributed by atoms with E-state index in [-0.39, 0.29) is 17.1 Å².